The number of aryl methyl sites for hydroxylation is 2. The molecule has 3 rings (SSSR count). The van der Waals surface area contributed by atoms with Gasteiger partial charge in [0.1, 0.15) is 12.1 Å². The maximum atomic E-state index is 5.66. The molecule has 0 radical (unpaired) electrons. The van der Waals surface area contributed by atoms with Gasteiger partial charge in [0.2, 0.25) is 0 Å². The largest absolute Gasteiger partial charge is 0.382 e. The molecule has 5 nitrogen and oxygen atoms in total. The number of anilines is 1. The third-order valence-electron chi connectivity index (χ3n) is 3.05. The summed E-state index contributed by atoms with van der Waals surface area (Å²) in [5.74, 6) is 1.08. The van der Waals surface area contributed by atoms with Crippen molar-refractivity contribution in [3.63, 3.8) is 0 Å². The Balaban J connectivity index is 2.27. The van der Waals surface area contributed by atoms with Gasteiger partial charge in [-0.3, -0.25) is 9.55 Å². The minimum absolute atomic E-state index is 0.401. The summed E-state index contributed by atoms with van der Waals surface area (Å²) in [4.78, 5) is 12.7. The van der Waals surface area contributed by atoms with Crippen molar-refractivity contribution >= 4 is 16.9 Å². The predicted molar refractivity (Wildman–Crippen MR) is 70.5 cm³/mol. The van der Waals surface area contributed by atoms with E-state index in [0.717, 1.165) is 11.0 Å². The number of nitrogens with two attached hydrogens (primary N) is 1. The van der Waals surface area contributed by atoms with Crippen LogP contribution < -0.4 is 5.73 Å². The standard InChI is InChI=1S/C13H13N5/c1-8-3-10-11(4-9(8)2)18(7-16-10)13-6-15-5-12(14)17-13/h3-7H,1-2H3,(H2,14,17). The number of rotatable bonds is 1. The van der Waals surface area contributed by atoms with Gasteiger partial charge in [-0.15, -0.1) is 0 Å². The molecule has 0 aliphatic carbocycles. The average molecular weight is 239 g/mol. The molecule has 90 valence electrons. The number of nitrogen functional groups attached to an aromatic ring is 1. The van der Waals surface area contributed by atoms with Gasteiger partial charge >= 0.3 is 0 Å². The van der Waals surface area contributed by atoms with Crippen molar-refractivity contribution in [1.29, 1.82) is 0 Å². The van der Waals surface area contributed by atoms with Crippen molar-refractivity contribution in [3.8, 4) is 5.82 Å². The van der Waals surface area contributed by atoms with Gasteiger partial charge in [-0.1, -0.05) is 0 Å². The third-order valence-corrected chi connectivity index (χ3v) is 3.05. The highest BCUT2D eigenvalue weighted by Crippen LogP contribution is 2.20. The molecule has 0 saturated carbocycles. The first-order chi connectivity index (χ1) is 8.65. The van der Waals surface area contributed by atoms with Gasteiger partial charge in [0.05, 0.1) is 23.4 Å². The van der Waals surface area contributed by atoms with Crippen LogP contribution in [-0.4, -0.2) is 19.5 Å². The molecule has 0 aliphatic heterocycles. The molecule has 1 aromatic carbocycles. The van der Waals surface area contributed by atoms with Crippen LogP contribution >= 0.6 is 0 Å². The van der Waals surface area contributed by atoms with Gasteiger partial charge in [-0.2, -0.15) is 0 Å². The van der Waals surface area contributed by atoms with E-state index in [1.54, 1.807) is 12.5 Å². The summed E-state index contributed by atoms with van der Waals surface area (Å²) < 4.78 is 1.89. The molecule has 0 bridgehead atoms. The molecule has 0 spiro atoms. The van der Waals surface area contributed by atoms with E-state index in [1.807, 2.05) is 4.57 Å². The first-order valence-corrected chi connectivity index (χ1v) is 5.67. The zero-order valence-electron chi connectivity index (χ0n) is 10.3. The lowest BCUT2D eigenvalue weighted by molar-refractivity contribution is 1.00. The number of fused-ring (bicyclic) bond motifs is 1. The van der Waals surface area contributed by atoms with E-state index in [9.17, 15) is 0 Å². The Morgan fingerprint density at radius 2 is 1.89 bits per heavy atom. The lowest BCUT2D eigenvalue weighted by Crippen LogP contribution is -2.00. The molecule has 5 heteroatoms. The Morgan fingerprint density at radius 1 is 1.11 bits per heavy atom. The fourth-order valence-corrected chi connectivity index (χ4v) is 1.93. The second kappa shape index (κ2) is 3.80. The van der Waals surface area contributed by atoms with Crippen LogP contribution in [0, 0.1) is 13.8 Å². The second-order valence-corrected chi connectivity index (χ2v) is 4.34. The van der Waals surface area contributed by atoms with Crippen LogP contribution in [0.25, 0.3) is 16.9 Å². The Kier molecular flexibility index (Phi) is 2.26. The minimum Gasteiger partial charge on any atom is -0.382 e. The van der Waals surface area contributed by atoms with Gasteiger partial charge in [-0.05, 0) is 37.1 Å². The predicted octanol–water partition coefficient (Wildman–Crippen LogP) is 2.01. The Labute approximate surface area is 104 Å². The van der Waals surface area contributed by atoms with Crippen molar-refractivity contribution in [2.24, 2.45) is 0 Å². The molecule has 2 heterocycles. The van der Waals surface area contributed by atoms with Crippen LogP contribution in [0.3, 0.4) is 0 Å². The van der Waals surface area contributed by atoms with Gasteiger partial charge < -0.3 is 5.73 Å². The zero-order valence-corrected chi connectivity index (χ0v) is 10.3. The lowest BCUT2D eigenvalue weighted by Gasteiger charge is -2.05. The first kappa shape index (κ1) is 10.7. The average Bonchev–Trinajstić information content (AvgIpc) is 2.73. The highest BCUT2D eigenvalue weighted by atomic mass is 15.1. The van der Waals surface area contributed by atoms with Crippen molar-refractivity contribution < 1.29 is 0 Å². The topological polar surface area (TPSA) is 69.6 Å². The number of benzene rings is 1. The van der Waals surface area contributed by atoms with Crippen LogP contribution in [0.4, 0.5) is 5.82 Å². The fourth-order valence-electron chi connectivity index (χ4n) is 1.93. The number of aromatic nitrogens is 4. The van der Waals surface area contributed by atoms with Gasteiger partial charge in [0, 0.05) is 0 Å². The van der Waals surface area contributed by atoms with Crippen molar-refractivity contribution in [1.82, 2.24) is 19.5 Å². The Bertz CT molecular complexity index is 729. The maximum absolute atomic E-state index is 5.66. The number of hydrogen-bond donors (Lipinski definition) is 1. The molecule has 0 fully saturated rings. The number of hydrogen-bond acceptors (Lipinski definition) is 4. The molecular formula is C13H13N5. The van der Waals surface area contributed by atoms with Crippen LogP contribution in [0.2, 0.25) is 0 Å². The normalized spacial score (nSPS) is 11.0. The molecule has 0 atom stereocenters. The van der Waals surface area contributed by atoms with Crippen molar-refractivity contribution in [3.05, 3.63) is 42.0 Å². The van der Waals surface area contributed by atoms with Crippen molar-refractivity contribution in [2.75, 3.05) is 5.73 Å². The summed E-state index contributed by atoms with van der Waals surface area (Å²) in [5.41, 5.74) is 10.1. The monoisotopic (exact) mass is 239 g/mol. The molecule has 0 saturated heterocycles. The molecule has 2 aromatic heterocycles. The van der Waals surface area contributed by atoms with Gasteiger partial charge in [0.25, 0.3) is 0 Å². The molecular weight excluding hydrogens is 226 g/mol. The Hall–Kier alpha value is -2.43. The van der Waals surface area contributed by atoms with E-state index in [4.69, 9.17) is 5.73 Å². The highest BCUT2D eigenvalue weighted by molar-refractivity contribution is 5.78. The van der Waals surface area contributed by atoms with E-state index in [0.29, 0.717) is 11.6 Å². The fraction of sp³-hybridized carbons (Fsp3) is 0.154. The summed E-state index contributed by atoms with van der Waals surface area (Å²) in [6.45, 7) is 4.16. The molecule has 0 amide bonds. The van der Waals surface area contributed by atoms with Crippen LogP contribution in [0.5, 0.6) is 0 Å². The molecule has 0 aliphatic rings. The van der Waals surface area contributed by atoms with E-state index < -0.39 is 0 Å². The minimum atomic E-state index is 0.401. The zero-order chi connectivity index (χ0) is 12.7. The molecule has 0 unspecified atom stereocenters. The highest BCUT2D eigenvalue weighted by Gasteiger charge is 2.07. The van der Waals surface area contributed by atoms with E-state index >= 15 is 0 Å². The van der Waals surface area contributed by atoms with E-state index in [-0.39, 0.29) is 0 Å². The number of imidazole rings is 1. The molecule has 2 N–H and O–H groups in total. The van der Waals surface area contributed by atoms with Crippen LogP contribution in [0.1, 0.15) is 11.1 Å². The van der Waals surface area contributed by atoms with Gasteiger partial charge in [0.15, 0.2) is 5.82 Å². The lowest BCUT2D eigenvalue weighted by atomic mass is 10.1. The molecule has 3 aromatic rings. The summed E-state index contributed by atoms with van der Waals surface area (Å²) in [7, 11) is 0. The van der Waals surface area contributed by atoms with E-state index in [1.165, 1.54) is 17.3 Å². The summed E-state index contributed by atoms with van der Waals surface area (Å²) >= 11 is 0. The van der Waals surface area contributed by atoms with Crippen LogP contribution in [-0.2, 0) is 0 Å². The maximum Gasteiger partial charge on any atom is 0.159 e. The summed E-state index contributed by atoms with van der Waals surface area (Å²) in [6, 6.07) is 4.17. The third kappa shape index (κ3) is 1.60. The quantitative estimate of drug-likeness (QED) is 0.705. The second-order valence-electron chi connectivity index (χ2n) is 4.34. The molecule has 18 heavy (non-hydrogen) atoms. The smallest absolute Gasteiger partial charge is 0.159 e. The first-order valence-electron chi connectivity index (χ1n) is 5.67. The van der Waals surface area contributed by atoms with Crippen LogP contribution in [0.15, 0.2) is 30.9 Å². The SMILES string of the molecule is Cc1cc2ncn(-c3cncc(N)n3)c2cc1C. The van der Waals surface area contributed by atoms with E-state index in [2.05, 4.69) is 40.9 Å². The van der Waals surface area contributed by atoms with Gasteiger partial charge in [-0.25, -0.2) is 9.97 Å². The van der Waals surface area contributed by atoms with Crippen molar-refractivity contribution in [2.45, 2.75) is 13.8 Å². The Morgan fingerprint density at radius 3 is 2.67 bits per heavy atom. The summed E-state index contributed by atoms with van der Waals surface area (Å²) in [5, 5.41) is 0. The summed E-state index contributed by atoms with van der Waals surface area (Å²) in [6.07, 6.45) is 4.94. The number of nitrogens with zero attached hydrogens (tertiary/aromatic N) is 4.